The first-order valence-electron chi connectivity index (χ1n) is 6.67. The first-order chi connectivity index (χ1) is 10.9. The van der Waals surface area contributed by atoms with Gasteiger partial charge in [-0.2, -0.15) is 13.7 Å². The molecule has 6 heteroatoms. The Bertz CT molecular complexity index is 878. The van der Waals surface area contributed by atoms with Gasteiger partial charge < -0.3 is 8.92 Å². The molecule has 0 saturated carbocycles. The van der Waals surface area contributed by atoms with E-state index < -0.39 is 10.1 Å². The molecule has 0 N–H and O–H groups in total. The topological polar surface area (TPSA) is 76.4 Å². The molecule has 0 aromatic heterocycles. The van der Waals surface area contributed by atoms with Gasteiger partial charge in [-0.05, 0) is 48.4 Å². The van der Waals surface area contributed by atoms with Crippen molar-refractivity contribution in [1.29, 1.82) is 5.26 Å². The van der Waals surface area contributed by atoms with Crippen LogP contribution in [0.15, 0.2) is 47.9 Å². The molecule has 0 amide bonds. The van der Waals surface area contributed by atoms with Gasteiger partial charge in [0.1, 0.15) is 22.5 Å². The third-order valence-corrected chi connectivity index (χ3v) is 4.57. The predicted molar refractivity (Wildman–Crippen MR) is 86.8 cm³/mol. The Hall–Kier alpha value is -2.78. The van der Waals surface area contributed by atoms with E-state index in [0.29, 0.717) is 11.3 Å². The number of hydrogen-bond donors (Lipinski definition) is 0. The van der Waals surface area contributed by atoms with Gasteiger partial charge in [0.25, 0.3) is 0 Å². The van der Waals surface area contributed by atoms with Crippen molar-refractivity contribution in [3.8, 4) is 17.6 Å². The monoisotopic (exact) mass is 329 g/mol. The number of nitrogens with zero attached hydrogens (tertiary/aromatic N) is 1. The summed E-state index contributed by atoms with van der Waals surface area (Å²) in [4.78, 5) is -0.184. The lowest BCUT2D eigenvalue weighted by Gasteiger charge is -2.11. The molecule has 0 aliphatic heterocycles. The molecule has 2 aromatic rings. The van der Waals surface area contributed by atoms with Crippen molar-refractivity contribution in [2.24, 2.45) is 0 Å². The van der Waals surface area contributed by atoms with Crippen LogP contribution in [0.5, 0.6) is 11.5 Å². The Morgan fingerprint density at radius 3 is 2.26 bits per heavy atom. The molecule has 0 unspecified atom stereocenters. The van der Waals surface area contributed by atoms with Crippen LogP contribution in [0, 0.1) is 18.3 Å². The zero-order valence-corrected chi connectivity index (χ0v) is 13.6. The van der Waals surface area contributed by atoms with E-state index in [0.717, 1.165) is 5.56 Å². The zero-order valence-electron chi connectivity index (χ0n) is 12.7. The molecule has 0 fully saturated rings. The standard InChI is InChI=1S/C17H15NO4S/c1-4-15-12(2)5-10-17(16(15)11-18)23(19,20)22-14-8-6-13(21-3)7-9-14/h4-10H,1H2,2-3H3. The minimum absolute atomic E-state index is 0.0218. The average Bonchev–Trinajstić information content (AvgIpc) is 2.54. The van der Waals surface area contributed by atoms with Gasteiger partial charge in [-0.3, -0.25) is 0 Å². The highest BCUT2D eigenvalue weighted by atomic mass is 32.2. The minimum atomic E-state index is -4.14. The quantitative estimate of drug-likeness (QED) is 0.787. The highest BCUT2D eigenvalue weighted by Gasteiger charge is 2.23. The smallest absolute Gasteiger partial charge is 0.340 e. The molecular formula is C17H15NO4S. The normalized spacial score (nSPS) is 10.7. The largest absolute Gasteiger partial charge is 0.497 e. The van der Waals surface area contributed by atoms with E-state index in [1.54, 1.807) is 25.1 Å². The SMILES string of the molecule is C=Cc1c(C)ccc(S(=O)(=O)Oc2ccc(OC)cc2)c1C#N. The van der Waals surface area contributed by atoms with Crippen LogP contribution < -0.4 is 8.92 Å². The van der Waals surface area contributed by atoms with Crippen LogP contribution in [-0.4, -0.2) is 15.5 Å². The molecule has 0 aliphatic rings. The van der Waals surface area contributed by atoms with E-state index in [1.165, 1.54) is 31.4 Å². The second kappa shape index (κ2) is 6.55. The minimum Gasteiger partial charge on any atom is -0.497 e. The maximum atomic E-state index is 12.5. The molecule has 0 bridgehead atoms. The number of rotatable bonds is 5. The summed E-state index contributed by atoms with van der Waals surface area (Å²) in [6.07, 6.45) is 1.46. The van der Waals surface area contributed by atoms with E-state index in [1.807, 2.05) is 6.07 Å². The maximum Gasteiger partial charge on any atom is 0.340 e. The van der Waals surface area contributed by atoms with Crippen LogP contribution in [0.25, 0.3) is 6.08 Å². The summed E-state index contributed by atoms with van der Waals surface area (Å²) < 4.78 is 35.1. The number of hydrogen-bond acceptors (Lipinski definition) is 5. The van der Waals surface area contributed by atoms with Gasteiger partial charge in [-0.25, -0.2) is 0 Å². The van der Waals surface area contributed by atoms with Crippen LogP contribution in [0.1, 0.15) is 16.7 Å². The number of methoxy groups -OCH3 is 1. The maximum absolute atomic E-state index is 12.5. The highest BCUT2D eigenvalue weighted by Crippen LogP contribution is 2.27. The van der Waals surface area contributed by atoms with E-state index >= 15 is 0 Å². The first-order valence-corrected chi connectivity index (χ1v) is 8.08. The highest BCUT2D eigenvalue weighted by molar-refractivity contribution is 7.87. The molecule has 5 nitrogen and oxygen atoms in total. The molecule has 0 saturated heterocycles. The van der Waals surface area contributed by atoms with Gasteiger partial charge in [0.15, 0.2) is 0 Å². The molecule has 2 rings (SSSR count). The van der Waals surface area contributed by atoms with Gasteiger partial charge in [-0.15, -0.1) is 0 Å². The molecule has 2 aromatic carbocycles. The van der Waals surface area contributed by atoms with Crippen molar-refractivity contribution in [1.82, 2.24) is 0 Å². The summed E-state index contributed by atoms with van der Waals surface area (Å²) in [5.74, 6) is 0.715. The fourth-order valence-electron chi connectivity index (χ4n) is 2.09. The molecule has 23 heavy (non-hydrogen) atoms. The summed E-state index contributed by atoms with van der Waals surface area (Å²) in [5.41, 5.74) is 1.26. The lowest BCUT2D eigenvalue weighted by molar-refractivity contribution is 0.413. The summed E-state index contributed by atoms with van der Waals surface area (Å²) in [6, 6.07) is 11.0. The molecule has 0 aliphatic carbocycles. The lowest BCUT2D eigenvalue weighted by Crippen LogP contribution is -2.12. The second-order valence-corrected chi connectivity index (χ2v) is 6.21. The summed E-state index contributed by atoms with van der Waals surface area (Å²) in [5, 5.41) is 9.32. The van der Waals surface area contributed by atoms with Crippen molar-refractivity contribution < 1.29 is 17.3 Å². The first kappa shape index (κ1) is 16.6. The van der Waals surface area contributed by atoms with Crippen LogP contribution in [0.2, 0.25) is 0 Å². The Labute approximate surface area is 135 Å². The average molecular weight is 329 g/mol. The number of benzene rings is 2. The molecule has 118 valence electrons. The zero-order chi connectivity index (χ0) is 17.0. The molecule has 0 atom stereocenters. The molecular weight excluding hydrogens is 314 g/mol. The molecule has 0 heterocycles. The summed E-state index contributed by atoms with van der Waals surface area (Å²) in [7, 11) is -2.63. The number of ether oxygens (including phenoxy) is 1. The van der Waals surface area contributed by atoms with Crippen molar-refractivity contribution in [2.45, 2.75) is 11.8 Å². The Kier molecular flexibility index (Phi) is 4.72. The third-order valence-electron chi connectivity index (χ3n) is 3.28. The second-order valence-electron chi connectivity index (χ2n) is 4.70. The van der Waals surface area contributed by atoms with E-state index in [4.69, 9.17) is 8.92 Å². The van der Waals surface area contributed by atoms with Gasteiger partial charge in [0, 0.05) is 0 Å². The van der Waals surface area contributed by atoms with Crippen molar-refractivity contribution >= 4 is 16.2 Å². The van der Waals surface area contributed by atoms with E-state index in [2.05, 4.69) is 6.58 Å². The number of nitriles is 1. The third kappa shape index (κ3) is 3.35. The van der Waals surface area contributed by atoms with Crippen molar-refractivity contribution in [2.75, 3.05) is 7.11 Å². The van der Waals surface area contributed by atoms with E-state index in [9.17, 15) is 13.7 Å². The van der Waals surface area contributed by atoms with Gasteiger partial charge in [-0.1, -0.05) is 18.7 Å². The fraction of sp³-hybridized carbons (Fsp3) is 0.118. The lowest BCUT2D eigenvalue weighted by atomic mass is 10.0. The molecule has 0 radical (unpaired) electrons. The van der Waals surface area contributed by atoms with Gasteiger partial charge in [0.05, 0.1) is 12.7 Å². The van der Waals surface area contributed by atoms with Gasteiger partial charge >= 0.3 is 10.1 Å². The van der Waals surface area contributed by atoms with Crippen molar-refractivity contribution in [3.05, 3.63) is 59.7 Å². The Morgan fingerprint density at radius 2 is 1.74 bits per heavy atom. The van der Waals surface area contributed by atoms with Crippen LogP contribution in [-0.2, 0) is 10.1 Å². The van der Waals surface area contributed by atoms with Crippen LogP contribution in [0.3, 0.4) is 0 Å². The summed E-state index contributed by atoms with van der Waals surface area (Å²) in [6.45, 7) is 5.40. The Morgan fingerprint density at radius 1 is 1.13 bits per heavy atom. The predicted octanol–water partition coefficient (Wildman–Crippen LogP) is 3.29. The number of aryl methyl sites for hydroxylation is 1. The Balaban J connectivity index is 2.47. The van der Waals surface area contributed by atoms with Crippen LogP contribution >= 0.6 is 0 Å². The fourth-order valence-corrected chi connectivity index (χ4v) is 3.19. The van der Waals surface area contributed by atoms with Gasteiger partial charge in [0.2, 0.25) is 0 Å². The van der Waals surface area contributed by atoms with E-state index in [-0.39, 0.29) is 16.2 Å². The summed E-state index contributed by atoms with van der Waals surface area (Å²) >= 11 is 0. The van der Waals surface area contributed by atoms with Crippen LogP contribution in [0.4, 0.5) is 0 Å². The van der Waals surface area contributed by atoms with Crippen molar-refractivity contribution in [3.63, 3.8) is 0 Å². The molecule has 0 spiro atoms.